The molecule has 0 fully saturated rings. The predicted molar refractivity (Wildman–Crippen MR) is 74.9 cm³/mol. The van der Waals surface area contributed by atoms with Crippen LogP contribution in [0.1, 0.15) is 5.56 Å². The molecule has 1 aromatic rings. The van der Waals surface area contributed by atoms with Crippen molar-refractivity contribution in [3.8, 4) is 0 Å². The lowest BCUT2D eigenvalue weighted by molar-refractivity contribution is -0.519. The molecule has 0 saturated carbocycles. The van der Waals surface area contributed by atoms with E-state index in [9.17, 15) is 10.1 Å². The molecule has 0 amide bonds. The maximum absolute atomic E-state index is 11.0. The highest BCUT2D eigenvalue weighted by Crippen LogP contribution is 2.37. The number of rotatable bonds is 2. The van der Waals surface area contributed by atoms with Gasteiger partial charge in [-0.05, 0) is 11.1 Å². The van der Waals surface area contributed by atoms with Crippen molar-refractivity contribution in [3.05, 3.63) is 64.2 Å². The number of nitrogens with zero attached hydrogens (tertiary/aromatic N) is 1. The van der Waals surface area contributed by atoms with Crippen LogP contribution in [0.5, 0.6) is 0 Å². The summed E-state index contributed by atoms with van der Waals surface area (Å²) in [4.78, 5) is 10.2. The Morgan fingerprint density at radius 3 is 2.47 bits per heavy atom. The summed E-state index contributed by atoms with van der Waals surface area (Å²) in [7, 11) is 0. The molecule has 0 spiro atoms. The zero-order valence-electron chi connectivity index (χ0n) is 8.72. The van der Waals surface area contributed by atoms with Crippen LogP contribution in [0.3, 0.4) is 0 Å². The van der Waals surface area contributed by atoms with Crippen molar-refractivity contribution in [2.75, 3.05) is 0 Å². The van der Waals surface area contributed by atoms with E-state index in [1.807, 2.05) is 36.4 Å². The third-order valence-electron chi connectivity index (χ3n) is 2.60. The lowest BCUT2D eigenvalue weighted by Crippen LogP contribution is -2.38. The topological polar surface area (TPSA) is 43.1 Å². The van der Waals surface area contributed by atoms with Crippen molar-refractivity contribution in [3.63, 3.8) is 0 Å². The Hall–Kier alpha value is -0.940. The van der Waals surface area contributed by atoms with Crippen molar-refractivity contribution in [1.29, 1.82) is 0 Å². The monoisotopic (exact) mass is 357 g/mol. The summed E-state index contributed by atoms with van der Waals surface area (Å²) < 4.78 is -1.26. The SMILES string of the molecule is O=[N+]([O-])C1(Br)C=CC(c2ccccc2)=CC1Br. The first-order valence-electron chi connectivity index (χ1n) is 4.98. The smallest absolute Gasteiger partial charge is 0.263 e. The second-order valence-electron chi connectivity index (χ2n) is 3.71. The Balaban J connectivity index is 2.34. The van der Waals surface area contributed by atoms with Gasteiger partial charge in [0, 0.05) is 26.9 Å². The molecule has 5 heteroatoms. The molecular formula is C12H9Br2NO2. The first-order chi connectivity index (χ1) is 8.04. The van der Waals surface area contributed by atoms with Gasteiger partial charge >= 0.3 is 4.45 Å². The fourth-order valence-corrected chi connectivity index (χ4v) is 2.48. The van der Waals surface area contributed by atoms with E-state index in [2.05, 4.69) is 31.9 Å². The fraction of sp³-hybridized carbons (Fsp3) is 0.167. The molecule has 0 heterocycles. The van der Waals surface area contributed by atoms with Crippen LogP contribution in [-0.2, 0) is 0 Å². The largest absolute Gasteiger partial charge is 0.308 e. The zero-order chi connectivity index (χ0) is 12.5. The molecule has 1 aliphatic rings. The third kappa shape index (κ3) is 2.35. The summed E-state index contributed by atoms with van der Waals surface area (Å²) in [6.45, 7) is 0. The Labute approximate surface area is 116 Å². The van der Waals surface area contributed by atoms with E-state index in [-0.39, 0.29) is 9.75 Å². The summed E-state index contributed by atoms with van der Waals surface area (Å²) in [5.41, 5.74) is 2.02. The number of hydrogen-bond acceptors (Lipinski definition) is 2. The van der Waals surface area contributed by atoms with E-state index in [1.54, 1.807) is 12.2 Å². The quantitative estimate of drug-likeness (QED) is 0.349. The van der Waals surface area contributed by atoms with Crippen LogP contribution in [0.4, 0.5) is 0 Å². The minimum Gasteiger partial charge on any atom is -0.263 e. The summed E-state index contributed by atoms with van der Waals surface area (Å²) >= 11 is 6.48. The minimum absolute atomic E-state index is 0.346. The molecule has 0 saturated heterocycles. The molecule has 0 aliphatic heterocycles. The van der Waals surface area contributed by atoms with Crippen LogP contribution in [0, 0.1) is 10.1 Å². The van der Waals surface area contributed by atoms with E-state index in [1.165, 1.54) is 0 Å². The van der Waals surface area contributed by atoms with Gasteiger partial charge in [0.25, 0.3) is 0 Å². The average molecular weight is 359 g/mol. The Morgan fingerprint density at radius 2 is 1.94 bits per heavy atom. The van der Waals surface area contributed by atoms with E-state index in [4.69, 9.17) is 0 Å². The standard InChI is InChI=1S/C12H9Br2NO2/c13-11-8-10(9-4-2-1-3-5-9)6-7-12(11,14)15(16)17/h1-8,11H. The van der Waals surface area contributed by atoms with Gasteiger partial charge in [-0.3, -0.25) is 10.1 Å². The molecule has 17 heavy (non-hydrogen) atoms. The van der Waals surface area contributed by atoms with Crippen molar-refractivity contribution < 1.29 is 4.92 Å². The zero-order valence-corrected chi connectivity index (χ0v) is 11.9. The molecule has 1 aromatic carbocycles. The molecule has 0 radical (unpaired) electrons. The summed E-state index contributed by atoms with van der Waals surface area (Å²) in [5, 5.41) is 11.0. The molecule has 2 atom stereocenters. The van der Waals surface area contributed by atoms with Gasteiger partial charge in [0.1, 0.15) is 4.83 Å². The van der Waals surface area contributed by atoms with Gasteiger partial charge in [-0.1, -0.05) is 58.4 Å². The fourth-order valence-electron chi connectivity index (χ4n) is 1.61. The van der Waals surface area contributed by atoms with Crippen LogP contribution in [0.15, 0.2) is 48.6 Å². The van der Waals surface area contributed by atoms with Gasteiger partial charge < -0.3 is 0 Å². The molecule has 88 valence electrons. The number of allylic oxidation sites excluding steroid dienone is 2. The van der Waals surface area contributed by atoms with Crippen LogP contribution in [0.2, 0.25) is 0 Å². The van der Waals surface area contributed by atoms with Crippen molar-refractivity contribution in [2.45, 2.75) is 9.28 Å². The van der Waals surface area contributed by atoms with Gasteiger partial charge in [0.05, 0.1) is 0 Å². The second-order valence-corrected chi connectivity index (χ2v) is 5.96. The highest BCUT2D eigenvalue weighted by atomic mass is 79.9. The van der Waals surface area contributed by atoms with E-state index >= 15 is 0 Å². The van der Waals surface area contributed by atoms with Crippen molar-refractivity contribution in [1.82, 2.24) is 0 Å². The first-order valence-corrected chi connectivity index (χ1v) is 6.69. The van der Waals surface area contributed by atoms with Gasteiger partial charge in [-0.25, -0.2) is 0 Å². The Bertz CT molecular complexity index is 498. The van der Waals surface area contributed by atoms with Crippen molar-refractivity contribution >= 4 is 37.4 Å². The van der Waals surface area contributed by atoms with E-state index < -0.39 is 4.45 Å². The van der Waals surface area contributed by atoms with Crippen molar-refractivity contribution in [2.24, 2.45) is 0 Å². The molecule has 0 N–H and O–H groups in total. The van der Waals surface area contributed by atoms with Crippen LogP contribution < -0.4 is 0 Å². The molecule has 0 bridgehead atoms. The van der Waals surface area contributed by atoms with Crippen LogP contribution >= 0.6 is 31.9 Å². The van der Waals surface area contributed by atoms with E-state index in [0.717, 1.165) is 11.1 Å². The summed E-state index contributed by atoms with van der Waals surface area (Å²) in [6.07, 6.45) is 5.17. The predicted octanol–water partition coefficient (Wildman–Crippen LogP) is 3.77. The number of halogens is 2. The normalized spacial score (nSPS) is 27.6. The maximum atomic E-state index is 11.0. The second kappa shape index (κ2) is 4.74. The number of alkyl halides is 2. The molecule has 1 aliphatic carbocycles. The molecule has 2 rings (SSSR count). The summed E-state index contributed by atoms with van der Waals surface area (Å²) in [5.74, 6) is 0. The van der Waals surface area contributed by atoms with Gasteiger partial charge in [0.15, 0.2) is 0 Å². The van der Waals surface area contributed by atoms with E-state index in [0.29, 0.717) is 0 Å². The Morgan fingerprint density at radius 1 is 1.29 bits per heavy atom. The van der Waals surface area contributed by atoms with Crippen LogP contribution in [0.25, 0.3) is 5.57 Å². The highest BCUT2D eigenvalue weighted by Gasteiger charge is 2.45. The van der Waals surface area contributed by atoms with Gasteiger partial charge in [-0.15, -0.1) is 0 Å². The first kappa shape index (κ1) is 12.5. The van der Waals surface area contributed by atoms with Crippen LogP contribution in [-0.4, -0.2) is 14.2 Å². The lowest BCUT2D eigenvalue weighted by Gasteiger charge is -2.23. The summed E-state index contributed by atoms with van der Waals surface area (Å²) in [6, 6.07) is 9.77. The molecule has 3 nitrogen and oxygen atoms in total. The van der Waals surface area contributed by atoms with Gasteiger partial charge in [0.2, 0.25) is 0 Å². The Kier molecular flexibility index (Phi) is 3.49. The minimum atomic E-state index is -1.26. The third-order valence-corrected chi connectivity index (χ3v) is 5.22. The highest BCUT2D eigenvalue weighted by molar-refractivity contribution is 9.12. The number of hydrogen-bond donors (Lipinski definition) is 0. The average Bonchev–Trinajstić information content (AvgIpc) is 2.33. The maximum Gasteiger partial charge on any atom is 0.308 e. The lowest BCUT2D eigenvalue weighted by atomic mass is 9.97. The molecular weight excluding hydrogens is 350 g/mol. The molecule has 2 unspecified atom stereocenters. The number of benzene rings is 1. The molecule has 0 aromatic heterocycles. The number of nitro groups is 1. The van der Waals surface area contributed by atoms with Gasteiger partial charge in [-0.2, -0.15) is 0 Å².